The number of anilines is 1. The number of aromatic nitrogens is 3. The van der Waals surface area contributed by atoms with Gasteiger partial charge in [-0.3, -0.25) is 0 Å². The van der Waals surface area contributed by atoms with Crippen LogP contribution in [-0.2, 0) is 6.54 Å². The van der Waals surface area contributed by atoms with Gasteiger partial charge in [0.2, 0.25) is 0 Å². The molecule has 0 fully saturated rings. The van der Waals surface area contributed by atoms with Gasteiger partial charge in [0.25, 0.3) is 0 Å². The Balaban J connectivity index is 2.25. The molecule has 0 aliphatic heterocycles. The molecule has 96 valence electrons. The van der Waals surface area contributed by atoms with Gasteiger partial charge in [-0.2, -0.15) is 0 Å². The van der Waals surface area contributed by atoms with E-state index in [0.717, 1.165) is 41.2 Å². The van der Waals surface area contributed by atoms with Crippen molar-refractivity contribution in [2.75, 3.05) is 5.73 Å². The van der Waals surface area contributed by atoms with Crippen molar-refractivity contribution < 1.29 is 0 Å². The number of hydrogen-bond acceptors (Lipinski definition) is 3. The Morgan fingerprint density at radius 3 is 2.89 bits per heavy atom. The maximum Gasteiger partial charge on any atom is 0.160 e. The third-order valence-electron chi connectivity index (χ3n) is 3.10. The lowest BCUT2D eigenvalue weighted by atomic mass is 10.2. The van der Waals surface area contributed by atoms with E-state index < -0.39 is 0 Å². The molecule has 0 bridgehead atoms. The van der Waals surface area contributed by atoms with Crippen LogP contribution in [0.25, 0.3) is 22.6 Å². The molecule has 19 heavy (non-hydrogen) atoms. The van der Waals surface area contributed by atoms with Gasteiger partial charge in [0.05, 0.1) is 0 Å². The summed E-state index contributed by atoms with van der Waals surface area (Å²) in [5, 5.41) is 0. The standard InChI is InChI=1S/C15H16N4/c1-2-9-19-14(11-5-3-6-12(16)10-11)18-13-7-4-8-17-15(13)19/h3-8,10H,2,9,16H2,1H3. The van der Waals surface area contributed by atoms with Crippen LogP contribution in [0.2, 0.25) is 0 Å². The van der Waals surface area contributed by atoms with Crippen molar-refractivity contribution in [2.45, 2.75) is 19.9 Å². The van der Waals surface area contributed by atoms with Gasteiger partial charge >= 0.3 is 0 Å². The minimum Gasteiger partial charge on any atom is -0.399 e. The monoisotopic (exact) mass is 252 g/mol. The Bertz CT molecular complexity index is 715. The molecule has 3 rings (SSSR count). The third kappa shape index (κ3) is 2.05. The quantitative estimate of drug-likeness (QED) is 0.729. The Hall–Kier alpha value is -2.36. The molecule has 0 amide bonds. The van der Waals surface area contributed by atoms with E-state index >= 15 is 0 Å². The van der Waals surface area contributed by atoms with Crippen LogP contribution in [0.3, 0.4) is 0 Å². The predicted octanol–water partition coefficient (Wildman–Crippen LogP) is 3.09. The molecule has 2 aromatic heterocycles. The molecule has 1 aromatic carbocycles. The normalized spacial score (nSPS) is 11.0. The molecule has 0 aliphatic rings. The molecule has 0 atom stereocenters. The van der Waals surface area contributed by atoms with Gasteiger partial charge in [-0.25, -0.2) is 9.97 Å². The van der Waals surface area contributed by atoms with Gasteiger partial charge in [0, 0.05) is 24.0 Å². The average molecular weight is 252 g/mol. The molecule has 2 N–H and O–H groups in total. The summed E-state index contributed by atoms with van der Waals surface area (Å²) in [5.74, 6) is 0.933. The highest BCUT2D eigenvalue weighted by molar-refractivity contribution is 5.77. The number of imidazole rings is 1. The molecule has 0 saturated carbocycles. The zero-order chi connectivity index (χ0) is 13.2. The number of nitrogen functional groups attached to an aromatic ring is 1. The number of nitrogens with zero attached hydrogens (tertiary/aromatic N) is 3. The fraction of sp³-hybridized carbons (Fsp3) is 0.200. The molecular formula is C15H16N4. The second-order valence-electron chi connectivity index (χ2n) is 4.56. The van der Waals surface area contributed by atoms with Crippen LogP contribution in [0.5, 0.6) is 0 Å². The maximum atomic E-state index is 5.86. The van der Waals surface area contributed by atoms with Gasteiger partial charge in [0.1, 0.15) is 11.3 Å². The zero-order valence-electron chi connectivity index (χ0n) is 10.9. The van der Waals surface area contributed by atoms with Crippen molar-refractivity contribution in [1.29, 1.82) is 0 Å². The van der Waals surface area contributed by atoms with Crippen LogP contribution in [0.4, 0.5) is 5.69 Å². The molecule has 0 radical (unpaired) electrons. The fourth-order valence-electron chi connectivity index (χ4n) is 2.29. The Kier molecular flexibility index (Phi) is 2.91. The molecule has 3 aromatic rings. The summed E-state index contributed by atoms with van der Waals surface area (Å²) < 4.78 is 2.16. The first-order valence-electron chi connectivity index (χ1n) is 6.46. The summed E-state index contributed by atoms with van der Waals surface area (Å²) in [6, 6.07) is 11.7. The average Bonchev–Trinajstić information content (AvgIpc) is 2.79. The van der Waals surface area contributed by atoms with Crippen molar-refractivity contribution in [1.82, 2.24) is 14.5 Å². The summed E-state index contributed by atoms with van der Waals surface area (Å²) >= 11 is 0. The van der Waals surface area contributed by atoms with E-state index in [-0.39, 0.29) is 0 Å². The van der Waals surface area contributed by atoms with Gasteiger partial charge in [-0.15, -0.1) is 0 Å². The highest BCUT2D eigenvalue weighted by Gasteiger charge is 2.12. The molecule has 2 heterocycles. The van der Waals surface area contributed by atoms with Crippen molar-refractivity contribution in [2.24, 2.45) is 0 Å². The molecule has 4 heteroatoms. The Morgan fingerprint density at radius 2 is 2.11 bits per heavy atom. The number of aryl methyl sites for hydroxylation is 1. The predicted molar refractivity (Wildman–Crippen MR) is 77.7 cm³/mol. The van der Waals surface area contributed by atoms with Crippen molar-refractivity contribution >= 4 is 16.9 Å². The molecule has 0 aliphatic carbocycles. The van der Waals surface area contributed by atoms with E-state index in [1.54, 1.807) is 6.20 Å². The van der Waals surface area contributed by atoms with E-state index in [0.29, 0.717) is 0 Å². The molecule has 4 nitrogen and oxygen atoms in total. The first kappa shape index (κ1) is 11.7. The van der Waals surface area contributed by atoms with Crippen molar-refractivity contribution in [3.8, 4) is 11.4 Å². The van der Waals surface area contributed by atoms with Crippen LogP contribution in [-0.4, -0.2) is 14.5 Å². The second-order valence-corrected chi connectivity index (χ2v) is 4.56. The fourth-order valence-corrected chi connectivity index (χ4v) is 2.29. The minimum absolute atomic E-state index is 0.751. The summed E-state index contributed by atoms with van der Waals surface area (Å²) in [5.41, 5.74) is 9.50. The van der Waals surface area contributed by atoms with Crippen LogP contribution >= 0.6 is 0 Å². The maximum absolute atomic E-state index is 5.86. The largest absolute Gasteiger partial charge is 0.399 e. The number of hydrogen-bond donors (Lipinski definition) is 1. The summed E-state index contributed by atoms with van der Waals surface area (Å²) in [6.07, 6.45) is 2.84. The summed E-state index contributed by atoms with van der Waals surface area (Å²) in [4.78, 5) is 9.13. The van der Waals surface area contributed by atoms with E-state index in [9.17, 15) is 0 Å². The third-order valence-corrected chi connectivity index (χ3v) is 3.10. The first-order valence-corrected chi connectivity index (χ1v) is 6.46. The van der Waals surface area contributed by atoms with Crippen LogP contribution in [0.15, 0.2) is 42.6 Å². The van der Waals surface area contributed by atoms with Crippen LogP contribution in [0, 0.1) is 0 Å². The van der Waals surface area contributed by atoms with E-state index in [2.05, 4.69) is 21.5 Å². The van der Waals surface area contributed by atoms with Crippen molar-refractivity contribution in [3.05, 3.63) is 42.6 Å². The number of benzene rings is 1. The first-order chi connectivity index (χ1) is 9.29. The minimum atomic E-state index is 0.751. The highest BCUT2D eigenvalue weighted by Crippen LogP contribution is 2.25. The number of fused-ring (bicyclic) bond motifs is 1. The van der Waals surface area contributed by atoms with Gasteiger partial charge in [-0.1, -0.05) is 19.1 Å². The number of nitrogens with two attached hydrogens (primary N) is 1. The topological polar surface area (TPSA) is 56.7 Å². The van der Waals surface area contributed by atoms with E-state index in [1.165, 1.54) is 0 Å². The number of rotatable bonds is 3. The Morgan fingerprint density at radius 1 is 1.21 bits per heavy atom. The van der Waals surface area contributed by atoms with Gasteiger partial charge in [0.15, 0.2) is 5.65 Å². The highest BCUT2D eigenvalue weighted by atomic mass is 15.1. The Labute approximate surface area is 111 Å². The zero-order valence-corrected chi connectivity index (χ0v) is 10.9. The second kappa shape index (κ2) is 4.72. The van der Waals surface area contributed by atoms with Crippen LogP contribution in [0.1, 0.15) is 13.3 Å². The smallest absolute Gasteiger partial charge is 0.160 e. The van der Waals surface area contributed by atoms with E-state index in [1.807, 2.05) is 36.4 Å². The lowest BCUT2D eigenvalue weighted by Gasteiger charge is -2.07. The molecule has 0 unspecified atom stereocenters. The lowest BCUT2D eigenvalue weighted by Crippen LogP contribution is -2.01. The van der Waals surface area contributed by atoms with E-state index in [4.69, 9.17) is 5.73 Å². The van der Waals surface area contributed by atoms with Crippen LogP contribution < -0.4 is 5.73 Å². The van der Waals surface area contributed by atoms with Gasteiger partial charge < -0.3 is 10.3 Å². The van der Waals surface area contributed by atoms with Crippen molar-refractivity contribution in [3.63, 3.8) is 0 Å². The summed E-state index contributed by atoms with van der Waals surface area (Å²) in [6.45, 7) is 3.05. The van der Waals surface area contributed by atoms with Gasteiger partial charge in [-0.05, 0) is 30.7 Å². The lowest BCUT2D eigenvalue weighted by molar-refractivity contribution is 0.698. The SMILES string of the molecule is CCCn1c(-c2cccc(N)c2)nc2cccnc21. The molecule has 0 saturated heterocycles. The summed E-state index contributed by atoms with van der Waals surface area (Å²) in [7, 11) is 0. The number of pyridine rings is 1. The molecule has 0 spiro atoms. The molecular weight excluding hydrogens is 236 g/mol.